The molecule has 1 spiro atoms. The molecule has 2 amide bonds. The number of carbonyl (C=O) groups is 2. The van der Waals surface area contributed by atoms with Crippen molar-refractivity contribution in [2.24, 2.45) is 11.3 Å². The molecule has 1 saturated carbocycles. The largest absolute Gasteiger partial charge is 0.469 e. The molecule has 2 aromatic rings. The van der Waals surface area contributed by atoms with E-state index in [1.54, 1.807) is 6.26 Å². The highest BCUT2D eigenvalue weighted by atomic mass is 16.3. The average molecular weight is 397 g/mol. The fourth-order valence-corrected chi connectivity index (χ4v) is 4.60. The van der Waals surface area contributed by atoms with E-state index in [-0.39, 0.29) is 17.2 Å². The molecular formula is C21H27N5O3. The van der Waals surface area contributed by atoms with Gasteiger partial charge in [-0.05, 0) is 55.6 Å². The summed E-state index contributed by atoms with van der Waals surface area (Å²) in [5, 5.41) is 11.5. The predicted octanol–water partition coefficient (Wildman–Crippen LogP) is 1.81. The van der Waals surface area contributed by atoms with Crippen LogP contribution in [0.4, 0.5) is 0 Å². The van der Waals surface area contributed by atoms with Gasteiger partial charge < -0.3 is 19.2 Å². The van der Waals surface area contributed by atoms with Crippen LogP contribution in [-0.2, 0) is 24.2 Å². The highest BCUT2D eigenvalue weighted by molar-refractivity contribution is 5.90. The highest BCUT2D eigenvalue weighted by Gasteiger charge is 2.40. The number of rotatable bonds is 5. The number of amides is 2. The molecule has 1 saturated heterocycles. The van der Waals surface area contributed by atoms with E-state index in [4.69, 9.17) is 4.42 Å². The van der Waals surface area contributed by atoms with Crippen LogP contribution in [-0.4, -0.2) is 51.1 Å². The Balaban J connectivity index is 1.22. The molecule has 154 valence electrons. The quantitative estimate of drug-likeness (QED) is 0.831. The normalized spacial score (nSPS) is 20.5. The van der Waals surface area contributed by atoms with Crippen LogP contribution in [0.3, 0.4) is 0 Å². The van der Waals surface area contributed by atoms with Crippen LogP contribution < -0.4 is 5.32 Å². The Kier molecular flexibility index (Phi) is 4.64. The number of nitrogens with one attached hydrogen (secondary N) is 1. The number of likely N-dealkylation sites (tertiary alicyclic amines) is 1. The lowest BCUT2D eigenvalue weighted by atomic mass is 9.73. The van der Waals surface area contributed by atoms with E-state index in [1.165, 1.54) is 12.8 Å². The molecule has 5 rings (SSSR count). The van der Waals surface area contributed by atoms with Crippen molar-refractivity contribution in [1.82, 2.24) is 25.0 Å². The molecule has 0 bridgehead atoms. The monoisotopic (exact) mass is 397 g/mol. The Hall–Kier alpha value is -2.64. The molecule has 4 heterocycles. The van der Waals surface area contributed by atoms with Crippen LogP contribution in [0, 0.1) is 11.3 Å². The Morgan fingerprint density at radius 3 is 2.76 bits per heavy atom. The molecule has 2 aliphatic heterocycles. The van der Waals surface area contributed by atoms with Crippen molar-refractivity contribution in [3.05, 3.63) is 35.8 Å². The minimum Gasteiger partial charge on any atom is -0.469 e. The third-order valence-corrected chi connectivity index (χ3v) is 6.73. The predicted molar refractivity (Wildman–Crippen MR) is 104 cm³/mol. The van der Waals surface area contributed by atoms with Gasteiger partial charge in [-0.25, -0.2) is 0 Å². The molecule has 8 nitrogen and oxygen atoms in total. The van der Waals surface area contributed by atoms with Crippen LogP contribution in [0.15, 0.2) is 22.8 Å². The molecule has 2 fully saturated rings. The lowest BCUT2D eigenvalue weighted by Crippen LogP contribution is -2.47. The second kappa shape index (κ2) is 7.31. The van der Waals surface area contributed by atoms with Crippen molar-refractivity contribution in [3.63, 3.8) is 0 Å². The zero-order valence-corrected chi connectivity index (χ0v) is 16.6. The summed E-state index contributed by atoms with van der Waals surface area (Å²) in [5.41, 5.74) is 0.113. The summed E-state index contributed by atoms with van der Waals surface area (Å²) >= 11 is 0. The molecular weight excluding hydrogens is 370 g/mol. The fraction of sp³-hybridized carbons (Fsp3) is 0.619. The third kappa shape index (κ3) is 3.80. The molecule has 29 heavy (non-hydrogen) atoms. The number of hydrogen-bond acceptors (Lipinski definition) is 5. The number of hydrogen-bond donors (Lipinski definition) is 1. The number of fused-ring (bicyclic) bond motifs is 1. The maximum Gasteiger partial charge on any atom is 0.289 e. The molecule has 2 aromatic heterocycles. The van der Waals surface area contributed by atoms with Gasteiger partial charge >= 0.3 is 0 Å². The van der Waals surface area contributed by atoms with E-state index >= 15 is 0 Å². The summed E-state index contributed by atoms with van der Waals surface area (Å²) in [6, 6.07) is 3.65. The van der Waals surface area contributed by atoms with Crippen molar-refractivity contribution in [1.29, 1.82) is 0 Å². The average Bonchev–Trinajstić information content (AvgIpc) is 3.24. The Labute approximate surface area is 169 Å². The first-order valence-electron chi connectivity index (χ1n) is 10.6. The highest BCUT2D eigenvalue weighted by Crippen LogP contribution is 2.41. The van der Waals surface area contributed by atoms with Gasteiger partial charge in [-0.15, -0.1) is 10.2 Å². The summed E-state index contributed by atoms with van der Waals surface area (Å²) in [6.45, 7) is 3.00. The van der Waals surface area contributed by atoms with Gasteiger partial charge in [0.15, 0.2) is 0 Å². The summed E-state index contributed by atoms with van der Waals surface area (Å²) < 4.78 is 7.33. The molecule has 0 atom stereocenters. The van der Waals surface area contributed by atoms with Crippen LogP contribution in [0.1, 0.15) is 54.3 Å². The summed E-state index contributed by atoms with van der Waals surface area (Å²) in [4.78, 5) is 27.1. The summed E-state index contributed by atoms with van der Waals surface area (Å²) in [6.07, 6.45) is 8.09. The van der Waals surface area contributed by atoms with E-state index in [0.29, 0.717) is 23.9 Å². The maximum absolute atomic E-state index is 12.6. The lowest BCUT2D eigenvalue weighted by Gasteiger charge is -2.44. The molecule has 1 aliphatic carbocycles. The number of carbonyl (C=O) groups excluding carboxylic acids is 2. The molecule has 0 aromatic carbocycles. The SMILES string of the molecule is O=C(NCC1CC1)c1nnc2n1CC1(CC2)CCN(C(=O)Cc2ccco2)CC1. The molecule has 3 aliphatic rings. The van der Waals surface area contributed by atoms with Gasteiger partial charge in [-0.1, -0.05) is 0 Å². The molecule has 0 unspecified atom stereocenters. The zero-order valence-electron chi connectivity index (χ0n) is 16.6. The Morgan fingerprint density at radius 1 is 1.21 bits per heavy atom. The molecule has 8 heteroatoms. The third-order valence-electron chi connectivity index (χ3n) is 6.73. The van der Waals surface area contributed by atoms with Crippen LogP contribution in [0.5, 0.6) is 0 Å². The zero-order chi connectivity index (χ0) is 19.8. The van der Waals surface area contributed by atoms with E-state index in [0.717, 1.165) is 57.7 Å². The van der Waals surface area contributed by atoms with Gasteiger partial charge in [-0.3, -0.25) is 9.59 Å². The Morgan fingerprint density at radius 2 is 2.03 bits per heavy atom. The summed E-state index contributed by atoms with van der Waals surface area (Å²) in [5.74, 6) is 2.70. The van der Waals surface area contributed by atoms with E-state index in [9.17, 15) is 9.59 Å². The van der Waals surface area contributed by atoms with Crippen molar-refractivity contribution < 1.29 is 14.0 Å². The lowest BCUT2D eigenvalue weighted by molar-refractivity contribution is -0.133. The van der Waals surface area contributed by atoms with Gasteiger partial charge in [0.25, 0.3) is 5.91 Å². The number of nitrogens with zero attached hydrogens (tertiary/aromatic N) is 4. The van der Waals surface area contributed by atoms with E-state index in [1.807, 2.05) is 21.6 Å². The van der Waals surface area contributed by atoms with Crippen molar-refractivity contribution in [2.75, 3.05) is 19.6 Å². The van der Waals surface area contributed by atoms with Gasteiger partial charge in [-0.2, -0.15) is 0 Å². The standard InChI is InChI=1S/C21H27N5O3/c27-18(12-16-2-1-11-29-16)25-9-7-21(8-10-25)6-5-17-23-24-19(26(17)14-21)20(28)22-13-15-3-4-15/h1-2,11,15H,3-10,12-14H2,(H,22,28). The summed E-state index contributed by atoms with van der Waals surface area (Å²) in [7, 11) is 0. The smallest absolute Gasteiger partial charge is 0.289 e. The number of furan rings is 1. The minimum atomic E-state index is -0.112. The van der Waals surface area contributed by atoms with Gasteiger partial charge in [0.05, 0.1) is 12.7 Å². The van der Waals surface area contributed by atoms with Gasteiger partial charge in [0, 0.05) is 32.6 Å². The number of aryl methyl sites for hydroxylation is 1. The van der Waals surface area contributed by atoms with E-state index < -0.39 is 0 Å². The molecule has 1 N–H and O–H groups in total. The fourth-order valence-electron chi connectivity index (χ4n) is 4.60. The van der Waals surface area contributed by atoms with Gasteiger partial charge in [0.1, 0.15) is 11.6 Å². The Bertz CT molecular complexity index is 892. The first-order chi connectivity index (χ1) is 14.1. The second-order valence-electron chi connectivity index (χ2n) is 8.82. The topological polar surface area (TPSA) is 93.3 Å². The minimum absolute atomic E-state index is 0.112. The maximum atomic E-state index is 12.6. The first kappa shape index (κ1) is 18.4. The van der Waals surface area contributed by atoms with Gasteiger partial charge in [0.2, 0.25) is 11.7 Å². The van der Waals surface area contributed by atoms with Crippen LogP contribution in [0.2, 0.25) is 0 Å². The van der Waals surface area contributed by atoms with E-state index in [2.05, 4.69) is 15.5 Å². The molecule has 0 radical (unpaired) electrons. The number of aromatic nitrogens is 3. The second-order valence-corrected chi connectivity index (χ2v) is 8.82. The van der Waals surface area contributed by atoms with Crippen molar-refractivity contribution in [3.8, 4) is 0 Å². The first-order valence-corrected chi connectivity index (χ1v) is 10.6. The van der Waals surface area contributed by atoms with Crippen LogP contribution >= 0.6 is 0 Å². The van der Waals surface area contributed by atoms with Crippen LogP contribution in [0.25, 0.3) is 0 Å². The van der Waals surface area contributed by atoms with Crippen molar-refractivity contribution in [2.45, 2.75) is 51.5 Å². The van der Waals surface area contributed by atoms with Crippen molar-refractivity contribution >= 4 is 11.8 Å². The number of piperidine rings is 1.